The smallest absolute Gasteiger partial charge is 0.254 e. The SMILES string of the molecule is COc1cccc(C(=O)N2C[C@@H](OC)C[C@H]2CO)c1. The summed E-state index contributed by atoms with van der Waals surface area (Å²) in [6, 6.07) is 6.85. The maximum atomic E-state index is 12.4. The zero-order valence-corrected chi connectivity index (χ0v) is 11.2. The second kappa shape index (κ2) is 6.04. The van der Waals surface area contributed by atoms with E-state index in [4.69, 9.17) is 9.47 Å². The Morgan fingerprint density at radius 2 is 2.26 bits per heavy atom. The van der Waals surface area contributed by atoms with Crippen molar-refractivity contribution in [1.29, 1.82) is 0 Å². The first kappa shape index (κ1) is 13.8. The molecule has 0 aliphatic carbocycles. The van der Waals surface area contributed by atoms with Gasteiger partial charge >= 0.3 is 0 Å². The fraction of sp³-hybridized carbons (Fsp3) is 0.500. The lowest BCUT2D eigenvalue weighted by Crippen LogP contribution is -2.38. The second-order valence-corrected chi connectivity index (χ2v) is 4.62. The van der Waals surface area contributed by atoms with Crippen molar-refractivity contribution < 1.29 is 19.4 Å². The molecule has 2 rings (SSSR count). The number of amides is 1. The van der Waals surface area contributed by atoms with Gasteiger partial charge in [-0.1, -0.05) is 6.07 Å². The largest absolute Gasteiger partial charge is 0.497 e. The van der Waals surface area contributed by atoms with Gasteiger partial charge in [-0.05, 0) is 24.6 Å². The highest BCUT2D eigenvalue weighted by Gasteiger charge is 2.35. The fourth-order valence-electron chi connectivity index (χ4n) is 2.39. The first-order valence-corrected chi connectivity index (χ1v) is 6.28. The van der Waals surface area contributed by atoms with Crippen LogP contribution in [-0.2, 0) is 4.74 Å². The molecule has 19 heavy (non-hydrogen) atoms. The van der Waals surface area contributed by atoms with E-state index >= 15 is 0 Å². The Morgan fingerprint density at radius 1 is 1.47 bits per heavy atom. The van der Waals surface area contributed by atoms with Crippen molar-refractivity contribution >= 4 is 5.91 Å². The number of carbonyl (C=O) groups excluding carboxylic acids is 1. The van der Waals surface area contributed by atoms with Crippen LogP contribution in [0, 0.1) is 0 Å². The van der Waals surface area contributed by atoms with Gasteiger partial charge in [0, 0.05) is 19.2 Å². The Bertz CT molecular complexity index is 449. The Hall–Kier alpha value is -1.59. The first-order valence-electron chi connectivity index (χ1n) is 6.28. The highest BCUT2D eigenvalue weighted by atomic mass is 16.5. The summed E-state index contributed by atoms with van der Waals surface area (Å²) in [4.78, 5) is 14.1. The molecule has 0 radical (unpaired) electrons. The number of carbonyl (C=O) groups is 1. The van der Waals surface area contributed by atoms with E-state index < -0.39 is 0 Å². The van der Waals surface area contributed by atoms with E-state index in [-0.39, 0.29) is 24.7 Å². The predicted molar refractivity (Wildman–Crippen MR) is 70.3 cm³/mol. The van der Waals surface area contributed by atoms with E-state index in [9.17, 15) is 9.90 Å². The van der Waals surface area contributed by atoms with Gasteiger partial charge in [0.25, 0.3) is 5.91 Å². The average molecular weight is 265 g/mol. The molecular formula is C14H19NO4. The number of hydrogen-bond donors (Lipinski definition) is 1. The van der Waals surface area contributed by atoms with Crippen molar-refractivity contribution in [1.82, 2.24) is 4.90 Å². The third kappa shape index (κ3) is 2.88. The second-order valence-electron chi connectivity index (χ2n) is 4.62. The van der Waals surface area contributed by atoms with Crippen LogP contribution in [-0.4, -0.2) is 55.4 Å². The van der Waals surface area contributed by atoms with E-state index in [1.165, 1.54) is 0 Å². The molecule has 1 saturated heterocycles. The minimum Gasteiger partial charge on any atom is -0.497 e. The predicted octanol–water partition coefficient (Wildman–Crippen LogP) is 0.917. The van der Waals surface area contributed by atoms with E-state index in [1.54, 1.807) is 43.4 Å². The number of nitrogens with zero attached hydrogens (tertiary/aromatic N) is 1. The number of ether oxygens (including phenoxy) is 2. The summed E-state index contributed by atoms with van der Waals surface area (Å²) in [5.41, 5.74) is 0.564. The minimum atomic E-state index is -0.177. The van der Waals surface area contributed by atoms with Crippen molar-refractivity contribution in [3.8, 4) is 5.75 Å². The summed E-state index contributed by atoms with van der Waals surface area (Å²) in [6.45, 7) is 0.466. The molecule has 0 saturated carbocycles. The van der Waals surface area contributed by atoms with Crippen LogP contribution in [0.3, 0.4) is 0 Å². The van der Waals surface area contributed by atoms with Crippen LogP contribution in [0.25, 0.3) is 0 Å². The van der Waals surface area contributed by atoms with Gasteiger partial charge in [-0.2, -0.15) is 0 Å². The molecule has 5 nitrogen and oxygen atoms in total. The topological polar surface area (TPSA) is 59.0 Å². The number of benzene rings is 1. The lowest BCUT2D eigenvalue weighted by molar-refractivity contribution is 0.0647. The summed E-state index contributed by atoms with van der Waals surface area (Å²) in [5, 5.41) is 9.37. The molecule has 0 spiro atoms. The van der Waals surface area contributed by atoms with E-state index in [0.29, 0.717) is 24.3 Å². The van der Waals surface area contributed by atoms with Crippen molar-refractivity contribution in [3.05, 3.63) is 29.8 Å². The van der Waals surface area contributed by atoms with Crippen molar-refractivity contribution in [2.45, 2.75) is 18.6 Å². The Morgan fingerprint density at radius 3 is 2.89 bits per heavy atom. The summed E-state index contributed by atoms with van der Waals surface area (Å²) in [5.74, 6) is 0.548. The number of methoxy groups -OCH3 is 2. The quantitative estimate of drug-likeness (QED) is 0.879. The molecule has 0 aromatic heterocycles. The Balaban J connectivity index is 2.18. The van der Waals surface area contributed by atoms with Gasteiger partial charge in [-0.15, -0.1) is 0 Å². The van der Waals surface area contributed by atoms with Crippen LogP contribution in [0.2, 0.25) is 0 Å². The standard InChI is InChI=1S/C14H19NO4/c1-18-12-5-3-4-10(6-12)14(17)15-8-13(19-2)7-11(15)9-16/h3-6,11,13,16H,7-9H2,1-2H3/t11-,13-/m0/s1. The molecule has 0 unspecified atom stereocenters. The normalized spacial score (nSPS) is 22.6. The van der Waals surface area contributed by atoms with Crippen molar-refractivity contribution in [2.75, 3.05) is 27.4 Å². The van der Waals surface area contributed by atoms with Gasteiger partial charge < -0.3 is 19.5 Å². The van der Waals surface area contributed by atoms with E-state index in [2.05, 4.69) is 0 Å². The summed E-state index contributed by atoms with van der Waals surface area (Å²) in [7, 11) is 3.19. The zero-order valence-electron chi connectivity index (χ0n) is 11.2. The molecule has 5 heteroatoms. The van der Waals surface area contributed by atoms with Crippen LogP contribution < -0.4 is 4.74 Å². The average Bonchev–Trinajstić information content (AvgIpc) is 2.89. The molecule has 104 valence electrons. The lowest BCUT2D eigenvalue weighted by Gasteiger charge is -2.22. The van der Waals surface area contributed by atoms with Crippen LogP contribution >= 0.6 is 0 Å². The molecule has 1 aliphatic rings. The molecule has 1 amide bonds. The molecular weight excluding hydrogens is 246 g/mol. The number of rotatable bonds is 4. The van der Waals surface area contributed by atoms with E-state index in [1.807, 2.05) is 0 Å². The zero-order chi connectivity index (χ0) is 13.8. The minimum absolute atomic E-state index is 0.00768. The van der Waals surface area contributed by atoms with Gasteiger partial charge in [0.1, 0.15) is 5.75 Å². The van der Waals surface area contributed by atoms with Crippen molar-refractivity contribution in [3.63, 3.8) is 0 Å². The maximum Gasteiger partial charge on any atom is 0.254 e. The van der Waals surface area contributed by atoms with Gasteiger partial charge in [0.15, 0.2) is 0 Å². The lowest BCUT2D eigenvalue weighted by atomic mass is 10.1. The van der Waals surface area contributed by atoms with Crippen LogP contribution in [0.15, 0.2) is 24.3 Å². The molecule has 0 bridgehead atoms. The van der Waals surface area contributed by atoms with E-state index in [0.717, 1.165) is 0 Å². The molecule has 1 N–H and O–H groups in total. The number of hydrogen-bond acceptors (Lipinski definition) is 4. The summed E-state index contributed by atoms with van der Waals surface area (Å²) >= 11 is 0. The number of aliphatic hydroxyl groups is 1. The van der Waals surface area contributed by atoms with Gasteiger partial charge in [0.2, 0.25) is 0 Å². The van der Waals surface area contributed by atoms with Crippen LogP contribution in [0.5, 0.6) is 5.75 Å². The number of aliphatic hydroxyl groups excluding tert-OH is 1. The molecule has 1 heterocycles. The number of likely N-dealkylation sites (tertiary alicyclic amines) is 1. The third-order valence-electron chi connectivity index (χ3n) is 3.50. The van der Waals surface area contributed by atoms with Crippen LogP contribution in [0.1, 0.15) is 16.8 Å². The Labute approximate surface area is 112 Å². The fourth-order valence-corrected chi connectivity index (χ4v) is 2.39. The maximum absolute atomic E-state index is 12.4. The first-order chi connectivity index (χ1) is 9.19. The van der Waals surface area contributed by atoms with Gasteiger partial charge in [0.05, 0.1) is 25.9 Å². The third-order valence-corrected chi connectivity index (χ3v) is 3.50. The van der Waals surface area contributed by atoms with Crippen LogP contribution in [0.4, 0.5) is 0 Å². The molecule has 1 fully saturated rings. The molecule has 1 aromatic carbocycles. The molecule has 1 aliphatic heterocycles. The van der Waals surface area contributed by atoms with Gasteiger partial charge in [-0.3, -0.25) is 4.79 Å². The monoisotopic (exact) mass is 265 g/mol. The molecule has 1 aromatic rings. The highest BCUT2D eigenvalue weighted by Crippen LogP contribution is 2.23. The summed E-state index contributed by atoms with van der Waals surface area (Å²) in [6.07, 6.45) is 0.662. The van der Waals surface area contributed by atoms with Gasteiger partial charge in [-0.25, -0.2) is 0 Å². The molecule has 2 atom stereocenters. The summed E-state index contributed by atoms with van der Waals surface area (Å²) < 4.78 is 10.4. The Kier molecular flexibility index (Phi) is 4.39. The highest BCUT2D eigenvalue weighted by molar-refractivity contribution is 5.95. The van der Waals surface area contributed by atoms with Crippen molar-refractivity contribution in [2.24, 2.45) is 0 Å².